The number of aryl methyl sites for hydroxylation is 1. The fourth-order valence-electron chi connectivity index (χ4n) is 2.15. The van der Waals surface area contributed by atoms with Crippen molar-refractivity contribution in [2.75, 3.05) is 7.11 Å². The van der Waals surface area contributed by atoms with Crippen LogP contribution in [-0.4, -0.2) is 27.7 Å². The number of carbonyl (C=O) groups excluding carboxylic acids is 1. The molecule has 0 N–H and O–H groups in total. The molecule has 3 rings (SSSR count). The van der Waals surface area contributed by atoms with Gasteiger partial charge >= 0.3 is 5.97 Å². The second-order valence-corrected chi connectivity index (χ2v) is 6.13. The zero-order valence-electron chi connectivity index (χ0n) is 13.6. The molecule has 0 saturated carbocycles. The molecule has 0 saturated heterocycles. The lowest BCUT2D eigenvalue weighted by atomic mass is 10.2. The number of ether oxygens (including phenoxy) is 2. The van der Waals surface area contributed by atoms with E-state index in [1.165, 1.54) is 21.0 Å². The van der Waals surface area contributed by atoms with Crippen molar-refractivity contribution in [3.63, 3.8) is 0 Å². The van der Waals surface area contributed by atoms with Gasteiger partial charge in [0.15, 0.2) is 11.5 Å². The summed E-state index contributed by atoms with van der Waals surface area (Å²) in [6.45, 7) is 2.80. The van der Waals surface area contributed by atoms with Crippen LogP contribution in [0.3, 0.4) is 0 Å². The van der Waals surface area contributed by atoms with E-state index < -0.39 is 11.5 Å². The zero-order valence-corrected chi connectivity index (χ0v) is 14.4. The largest absolute Gasteiger partial charge is 0.493 e. The highest BCUT2D eigenvalue weighted by molar-refractivity contribution is 7.15. The minimum absolute atomic E-state index is 0.159. The van der Waals surface area contributed by atoms with Gasteiger partial charge < -0.3 is 9.47 Å². The van der Waals surface area contributed by atoms with Crippen molar-refractivity contribution in [3.8, 4) is 11.5 Å². The molecule has 3 aromatic rings. The van der Waals surface area contributed by atoms with Gasteiger partial charge in [-0.3, -0.25) is 14.4 Å². The van der Waals surface area contributed by atoms with Gasteiger partial charge in [-0.2, -0.15) is 14.6 Å². The molecule has 0 bridgehead atoms. The van der Waals surface area contributed by atoms with Crippen LogP contribution in [0.2, 0.25) is 0 Å². The predicted molar refractivity (Wildman–Crippen MR) is 91.2 cm³/mol. The number of thiazole rings is 1. The predicted octanol–water partition coefficient (Wildman–Crippen LogP) is 0.301. The lowest BCUT2D eigenvalue weighted by Gasteiger charge is -2.08. The summed E-state index contributed by atoms with van der Waals surface area (Å²) in [4.78, 5) is 39.1. The van der Waals surface area contributed by atoms with E-state index in [0.29, 0.717) is 15.8 Å². The van der Waals surface area contributed by atoms with Gasteiger partial charge in [0.1, 0.15) is 5.69 Å². The van der Waals surface area contributed by atoms with Gasteiger partial charge in [-0.05, 0) is 30.7 Å². The number of rotatable bonds is 3. The molecule has 0 aliphatic carbocycles. The van der Waals surface area contributed by atoms with Crippen LogP contribution < -0.4 is 25.1 Å². The van der Waals surface area contributed by atoms with Crippen molar-refractivity contribution in [2.45, 2.75) is 13.8 Å². The van der Waals surface area contributed by atoms with Crippen LogP contribution in [0.1, 0.15) is 18.2 Å². The normalized spacial score (nSPS) is 11.7. The highest BCUT2D eigenvalue weighted by Gasteiger charge is 2.10. The molecule has 0 aliphatic rings. The average molecular weight is 359 g/mol. The van der Waals surface area contributed by atoms with E-state index in [4.69, 9.17) is 9.47 Å². The summed E-state index contributed by atoms with van der Waals surface area (Å²) in [7, 11) is 1.45. The van der Waals surface area contributed by atoms with Crippen molar-refractivity contribution < 1.29 is 14.3 Å². The number of hydrogen-bond acceptors (Lipinski definition) is 8. The summed E-state index contributed by atoms with van der Waals surface area (Å²) >= 11 is 1.07. The maximum atomic E-state index is 12.4. The Kier molecular flexibility index (Phi) is 4.32. The number of aromatic nitrogens is 3. The number of fused-ring (bicyclic) bond motifs is 1. The number of methoxy groups -OCH3 is 1. The van der Waals surface area contributed by atoms with Crippen molar-refractivity contribution >= 4 is 28.3 Å². The first-order valence-corrected chi connectivity index (χ1v) is 7.99. The monoisotopic (exact) mass is 359 g/mol. The molecule has 0 amide bonds. The van der Waals surface area contributed by atoms with Crippen molar-refractivity contribution in [3.05, 3.63) is 54.7 Å². The molecule has 0 atom stereocenters. The molecular weight excluding hydrogens is 346 g/mol. The van der Waals surface area contributed by atoms with Crippen LogP contribution >= 0.6 is 11.3 Å². The Bertz CT molecular complexity index is 1150. The minimum Gasteiger partial charge on any atom is -0.493 e. The molecule has 1 aromatic carbocycles. The molecule has 0 unspecified atom stereocenters. The van der Waals surface area contributed by atoms with Crippen LogP contribution in [0, 0.1) is 6.92 Å². The Balaban J connectivity index is 2.13. The maximum absolute atomic E-state index is 12.4. The average Bonchev–Trinajstić information content (AvgIpc) is 2.84. The van der Waals surface area contributed by atoms with Crippen LogP contribution in [0.25, 0.3) is 11.0 Å². The summed E-state index contributed by atoms with van der Waals surface area (Å²) in [5.41, 5.74) is 0.00117. The Morgan fingerprint density at radius 1 is 1.28 bits per heavy atom. The molecule has 128 valence electrons. The maximum Gasteiger partial charge on any atom is 0.308 e. The molecule has 0 radical (unpaired) electrons. The molecule has 0 aliphatic heterocycles. The van der Waals surface area contributed by atoms with Gasteiger partial charge in [-0.15, -0.1) is 0 Å². The summed E-state index contributed by atoms with van der Waals surface area (Å²) in [5, 5.41) is 3.95. The van der Waals surface area contributed by atoms with Crippen molar-refractivity contribution in [1.29, 1.82) is 0 Å². The number of esters is 1. The first-order chi connectivity index (χ1) is 11.9. The Morgan fingerprint density at radius 3 is 2.72 bits per heavy atom. The van der Waals surface area contributed by atoms with Crippen LogP contribution in [0.15, 0.2) is 27.8 Å². The smallest absolute Gasteiger partial charge is 0.308 e. The van der Waals surface area contributed by atoms with E-state index in [-0.39, 0.29) is 22.0 Å². The molecule has 0 fully saturated rings. The molecular formula is C16H13N3O5S. The summed E-state index contributed by atoms with van der Waals surface area (Å²) in [5.74, 6) is 0.188. The van der Waals surface area contributed by atoms with E-state index in [1.54, 1.807) is 24.3 Å². The first-order valence-electron chi connectivity index (χ1n) is 7.17. The van der Waals surface area contributed by atoms with Gasteiger partial charge in [-0.25, -0.2) is 0 Å². The topological polar surface area (TPSA) is 99.9 Å². The summed E-state index contributed by atoms with van der Waals surface area (Å²) in [6, 6.07) is 4.89. The second kappa shape index (κ2) is 6.44. The van der Waals surface area contributed by atoms with Gasteiger partial charge in [-0.1, -0.05) is 17.4 Å². The first kappa shape index (κ1) is 16.8. The lowest BCUT2D eigenvalue weighted by molar-refractivity contribution is -0.132. The van der Waals surface area contributed by atoms with Gasteiger partial charge in [0.05, 0.1) is 11.6 Å². The molecule has 25 heavy (non-hydrogen) atoms. The van der Waals surface area contributed by atoms with Gasteiger partial charge in [0.25, 0.3) is 11.1 Å². The quantitative estimate of drug-likeness (QED) is 0.490. The Morgan fingerprint density at radius 2 is 2.04 bits per heavy atom. The van der Waals surface area contributed by atoms with Crippen LogP contribution in [-0.2, 0) is 4.79 Å². The third-order valence-electron chi connectivity index (χ3n) is 3.28. The number of benzene rings is 1. The van der Waals surface area contributed by atoms with Gasteiger partial charge in [0.2, 0.25) is 4.96 Å². The SMILES string of the molecule is COc1cc(C=c2sc3nc(=O)c(C)nn3c2=O)ccc1OC(C)=O. The van der Waals surface area contributed by atoms with Gasteiger partial charge in [0, 0.05) is 6.92 Å². The van der Waals surface area contributed by atoms with E-state index in [1.807, 2.05) is 0 Å². The van der Waals surface area contributed by atoms with E-state index in [2.05, 4.69) is 10.1 Å². The highest BCUT2D eigenvalue weighted by atomic mass is 32.1. The Labute approximate surface area is 145 Å². The Hall–Kier alpha value is -3.07. The lowest BCUT2D eigenvalue weighted by Crippen LogP contribution is -2.27. The van der Waals surface area contributed by atoms with Crippen molar-refractivity contribution in [2.24, 2.45) is 0 Å². The highest BCUT2D eigenvalue weighted by Crippen LogP contribution is 2.28. The van der Waals surface area contributed by atoms with Crippen molar-refractivity contribution in [1.82, 2.24) is 14.6 Å². The summed E-state index contributed by atoms with van der Waals surface area (Å²) in [6.07, 6.45) is 1.63. The zero-order chi connectivity index (χ0) is 18.1. The van der Waals surface area contributed by atoms with E-state index in [9.17, 15) is 14.4 Å². The molecule has 2 heterocycles. The number of carbonyl (C=O) groups is 1. The van der Waals surface area contributed by atoms with E-state index >= 15 is 0 Å². The molecule has 0 spiro atoms. The third kappa shape index (κ3) is 3.26. The summed E-state index contributed by atoms with van der Waals surface area (Å²) < 4.78 is 11.7. The minimum atomic E-state index is -0.460. The fourth-order valence-corrected chi connectivity index (χ4v) is 3.06. The fraction of sp³-hybridized carbons (Fsp3) is 0.188. The number of nitrogens with zero attached hydrogens (tertiary/aromatic N) is 3. The number of hydrogen-bond donors (Lipinski definition) is 0. The standard InChI is InChI=1S/C16H13N3O5S/c1-8-14(21)17-16-19(18-8)15(22)13(25-16)7-10-4-5-11(24-9(2)20)12(6-10)23-3/h4-7H,1-3H3. The second-order valence-electron chi connectivity index (χ2n) is 5.12. The molecule has 2 aromatic heterocycles. The van der Waals surface area contributed by atoms with Crippen LogP contribution in [0.4, 0.5) is 0 Å². The van der Waals surface area contributed by atoms with Crippen LogP contribution in [0.5, 0.6) is 11.5 Å². The molecule has 9 heteroatoms. The van der Waals surface area contributed by atoms with E-state index in [0.717, 1.165) is 15.9 Å². The third-order valence-corrected chi connectivity index (χ3v) is 4.24. The molecule has 8 nitrogen and oxygen atoms in total.